The molecular formula is C12H7F2N3. The summed E-state index contributed by atoms with van der Waals surface area (Å²) in [4.78, 5) is 4.11. The largest absolute Gasteiger partial charge is 0.276 e. The van der Waals surface area contributed by atoms with Gasteiger partial charge in [0, 0.05) is 17.3 Å². The second-order valence-corrected chi connectivity index (χ2v) is 3.63. The number of pyridine rings is 1. The van der Waals surface area contributed by atoms with Crippen LogP contribution in [0.5, 0.6) is 0 Å². The van der Waals surface area contributed by atoms with Crippen molar-refractivity contribution in [3.8, 4) is 11.1 Å². The Morgan fingerprint density at radius 2 is 2.00 bits per heavy atom. The molecule has 0 aliphatic heterocycles. The fraction of sp³-hybridized carbons (Fsp3) is 0. The third-order valence-corrected chi connectivity index (χ3v) is 2.55. The lowest BCUT2D eigenvalue weighted by atomic mass is 10.1. The first-order valence-corrected chi connectivity index (χ1v) is 4.99. The topological polar surface area (TPSA) is 41.6 Å². The summed E-state index contributed by atoms with van der Waals surface area (Å²) in [6.45, 7) is 0. The molecule has 0 bridgehead atoms. The van der Waals surface area contributed by atoms with E-state index < -0.39 is 11.6 Å². The van der Waals surface area contributed by atoms with Gasteiger partial charge in [0.1, 0.15) is 5.52 Å². The molecule has 3 nitrogen and oxygen atoms in total. The van der Waals surface area contributed by atoms with Crippen LogP contribution >= 0.6 is 0 Å². The maximum Gasteiger partial charge on any atom is 0.166 e. The molecule has 0 saturated carbocycles. The number of aromatic nitrogens is 3. The van der Waals surface area contributed by atoms with Gasteiger partial charge < -0.3 is 0 Å². The van der Waals surface area contributed by atoms with Gasteiger partial charge in [-0.2, -0.15) is 5.10 Å². The lowest BCUT2D eigenvalue weighted by molar-refractivity contribution is 0.511. The summed E-state index contributed by atoms with van der Waals surface area (Å²) in [6, 6.07) is 5.75. The molecule has 84 valence electrons. The zero-order valence-electron chi connectivity index (χ0n) is 8.61. The minimum absolute atomic E-state index is 0.189. The molecule has 3 rings (SSSR count). The van der Waals surface area contributed by atoms with Crippen molar-refractivity contribution in [3.63, 3.8) is 0 Å². The predicted octanol–water partition coefficient (Wildman–Crippen LogP) is 2.90. The molecule has 0 atom stereocenters. The number of hydrogen-bond donors (Lipinski definition) is 1. The third kappa shape index (κ3) is 1.56. The SMILES string of the molecule is Fc1cccc(-c2cnc3cn[nH]c3c2)c1F. The van der Waals surface area contributed by atoms with Crippen LogP contribution in [0.25, 0.3) is 22.2 Å². The number of nitrogens with zero attached hydrogens (tertiary/aromatic N) is 2. The molecule has 3 aromatic rings. The predicted molar refractivity (Wildman–Crippen MR) is 59.2 cm³/mol. The van der Waals surface area contributed by atoms with Crippen molar-refractivity contribution < 1.29 is 8.78 Å². The van der Waals surface area contributed by atoms with Crippen LogP contribution in [0.4, 0.5) is 8.78 Å². The molecule has 0 fully saturated rings. The molecule has 0 aliphatic rings. The monoisotopic (exact) mass is 231 g/mol. The number of aromatic amines is 1. The van der Waals surface area contributed by atoms with Crippen LogP contribution in [-0.2, 0) is 0 Å². The molecule has 5 heteroatoms. The van der Waals surface area contributed by atoms with Crippen molar-refractivity contribution in [2.24, 2.45) is 0 Å². The van der Waals surface area contributed by atoms with Gasteiger partial charge >= 0.3 is 0 Å². The summed E-state index contributed by atoms with van der Waals surface area (Å²) >= 11 is 0. The first-order valence-electron chi connectivity index (χ1n) is 4.99. The Hall–Kier alpha value is -2.30. The zero-order valence-corrected chi connectivity index (χ0v) is 8.61. The number of fused-ring (bicyclic) bond motifs is 1. The summed E-state index contributed by atoms with van der Waals surface area (Å²) < 4.78 is 26.7. The molecular weight excluding hydrogens is 224 g/mol. The van der Waals surface area contributed by atoms with Gasteiger partial charge in [-0.25, -0.2) is 8.78 Å². The molecule has 0 saturated heterocycles. The van der Waals surface area contributed by atoms with Crippen molar-refractivity contribution >= 4 is 11.0 Å². The normalized spacial score (nSPS) is 10.9. The fourth-order valence-electron chi connectivity index (χ4n) is 1.70. The van der Waals surface area contributed by atoms with Crippen LogP contribution in [0, 0.1) is 11.6 Å². The van der Waals surface area contributed by atoms with Crippen molar-refractivity contribution in [2.45, 2.75) is 0 Å². The highest BCUT2D eigenvalue weighted by Crippen LogP contribution is 2.25. The van der Waals surface area contributed by atoms with E-state index in [0.29, 0.717) is 16.6 Å². The number of halogens is 2. The summed E-state index contributed by atoms with van der Waals surface area (Å²) in [7, 11) is 0. The van der Waals surface area contributed by atoms with Crippen LogP contribution < -0.4 is 0 Å². The van der Waals surface area contributed by atoms with Crippen LogP contribution in [0.2, 0.25) is 0 Å². The van der Waals surface area contributed by atoms with E-state index in [-0.39, 0.29) is 5.56 Å². The summed E-state index contributed by atoms with van der Waals surface area (Å²) in [5.41, 5.74) is 2.07. The molecule has 0 unspecified atom stereocenters. The standard InChI is InChI=1S/C12H7F2N3/c13-9-3-1-2-8(12(9)14)7-4-10-11(15-5-7)6-16-17-10/h1-6H,(H,16,17). The fourth-order valence-corrected chi connectivity index (χ4v) is 1.70. The van der Waals surface area contributed by atoms with E-state index in [0.717, 1.165) is 6.07 Å². The Bertz CT molecular complexity index is 691. The quantitative estimate of drug-likeness (QED) is 0.699. The highest BCUT2D eigenvalue weighted by molar-refractivity contribution is 5.79. The molecule has 17 heavy (non-hydrogen) atoms. The van der Waals surface area contributed by atoms with E-state index >= 15 is 0 Å². The number of H-pyrrole nitrogens is 1. The summed E-state index contributed by atoms with van der Waals surface area (Å²) in [6.07, 6.45) is 3.07. The smallest absolute Gasteiger partial charge is 0.166 e. The molecule has 2 aromatic heterocycles. The number of hydrogen-bond acceptors (Lipinski definition) is 2. The molecule has 1 aromatic carbocycles. The first kappa shape index (κ1) is 9.89. The van der Waals surface area contributed by atoms with Crippen LogP contribution in [0.15, 0.2) is 36.7 Å². The first-order chi connectivity index (χ1) is 8.25. The molecule has 0 amide bonds. The molecule has 0 radical (unpaired) electrons. The number of nitrogens with one attached hydrogen (secondary N) is 1. The Morgan fingerprint density at radius 1 is 1.12 bits per heavy atom. The Morgan fingerprint density at radius 3 is 2.88 bits per heavy atom. The molecule has 0 spiro atoms. The second-order valence-electron chi connectivity index (χ2n) is 3.63. The lowest BCUT2D eigenvalue weighted by Gasteiger charge is -2.03. The number of rotatable bonds is 1. The minimum atomic E-state index is -0.868. The van der Waals surface area contributed by atoms with E-state index in [2.05, 4.69) is 15.2 Å². The van der Waals surface area contributed by atoms with E-state index in [4.69, 9.17) is 0 Å². The minimum Gasteiger partial charge on any atom is -0.276 e. The van der Waals surface area contributed by atoms with Gasteiger partial charge in [0.15, 0.2) is 11.6 Å². The average Bonchev–Trinajstić information content (AvgIpc) is 2.79. The Labute approximate surface area is 95.1 Å². The van der Waals surface area contributed by atoms with Gasteiger partial charge in [-0.3, -0.25) is 10.1 Å². The van der Waals surface area contributed by atoms with E-state index in [1.54, 1.807) is 12.3 Å². The Balaban J connectivity index is 2.23. The van der Waals surface area contributed by atoms with Crippen LogP contribution in [0.1, 0.15) is 0 Å². The van der Waals surface area contributed by atoms with Gasteiger partial charge in [0.2, 0.25) is 0 Å². The van der Waals surface area contributed by atoms with Crippen molar-refractivity contribution in [1.29, 1.82) is 0 Å². The highest BCUT2D eigenvalue weighted by Gasteiger charge is 2.10. The van der Waals surface area contributed by atoms with E-state index in [1.165, 1.54) is 18.3 Å². The van der Waals surface area contributed by atoms with Gasteiger partial charge in [0.05, 0.1) is 11.7 Å². The van der Waals surface area contributed by atoms with Crippen LogP contribution in [-0.4, -0.2) is 15.2 Å². The van der Waals surface area contributed by atoms with Crippen molar-refractivity contribution in [3.05, 3.63) is 48.3 Å². The lowest BCUT2D eigenvalue weighted by Crippen LogP contribution is -1.89. The second kappa shape index (κ2) is 3.62. The van der Waals surface area contributed by atoms with Gasteiger partial charge in [-0.15, -0.1) is 0 Å². The maximum atomic E-state index is 13.6. The van der Waals surface area contributed by atoms with Crippen LogP contribution in [0.3, 0.4) is 0 Å². The summed E-state index contributed by atoms with van der Waals surface area (Å²) in [5, 5.41) is 6.56. The maximum absolute atomic E-state index is 13.6. The molecule has 0 aliphatic carbocycles. The van der Waals surface area contributed by atoms with Gasteiger partial charge in [0.25, 0.3) is 0 Å². The van der Waals surface area contributed by atoms with Crippen molar-refractivity contribution in [1.82, 2.24) is 15.2 Å². The highest BCUT2D eigenvalue weighted by atomic mass is 19.2. The van der Waals surface area contributed by atoms with Gasteiger partial charge in [-0.1, -0.05) is 12.1 Å². The van der Waals surface area contributed by atoms with E-state index in [1.807, 2.05) is 0 Å². The third-order valence-electron chi connectivity index (χ3n) is 2.55. The van der Waals surface area contributed by atoms with Gasteiger partial charge in [-0.05, 0) is 12.1 Å². The molecule has 2 heterocycles. The molecule has 1 N–H and O–H groups in total. The van der Waals surface area contributed by atoms with E-state index in [9.17, 15) is 8.78 Å². The summed E-state index contributed by atoms with van der Waals surface area (Å²) in [5.74, 6) is -1.74. The average molecular weight is 231 g/mol. The zero-order chi connectivity index (χ0) is 11.8. The Kier molecular flexibility index (Phi) is 2.11. The van der Waals surface area contributed by atoms with Crippen molar-refractivity contribution in [2.75, 3.05) is 0 Å². The number of benzene rings is 1.